The summed E-state index contributed by atoms with van der Waals surface area (Å²) in [5, 5.41) is 2.85. The molecule has 2 aliphatic rings. The number of anilines is 3. The molecule has 3 N–H and O–H groups in total. The minimum absolute atomic E-state index is 0. The number of halogens is 1. The lowest BCUT2D eigenvalue weighted by atomic mass is 9.88. The number of hydrogen-bond acceptors (Lipinski definition) is 3. The van der Waals surface area contributed by atoms with E-state index in [1.54, 1.807) is 4.90 Å². The van der Waals surface area contributed by atoms with Gasteiger partial charge in [0.15, 0.2) is 0 Å². The van der Waals surface area contributed by atoms with E-state index in [1.807, 2.05) is 42.5 Å². The molecule has 2 aromatic carbocycles. The maximum atomic E-state index is 13.2. The van der Waals surface area contributed by atoms with Crippen molar-refractivity contribution in [3.05, 3.63) is 53.6 Å². The molecule has 5 nitrogen and oxygen atoms in total. The van der Waals surface area contributed by atoms with Crippen LogP contribution in [0.2, 0.25) is 0 Å². The van der Waals surface area contributed by atoms with Gasteiger partial charge in [-0.2, -0.15) is 0 Å². The number of nitrogens with one attached hydrogen (secondary N) is 1. The molecule has 0 aliphatic carbocycles. The number of nitrogens with zero attached hydrogens (tertiary/aromatic N) is 1. The smallest absolute Gasteiger partial charge is 0.235 e. The minimum atomic E-state index is -0.442. The largest absolute Gasteiger partial charge is 0.398 e. The van der Waals surface area contributed by atoms with Crippen molar-refractivity contribution in [2.75, 3.05) is 22.5 Å². The van der Waals surface area contributed by atoms with Crippen molar-refractivity contribution in [2.24, 2.45) is 0 Å². The molecule has 25 heavy (non-hydrogen) atoms. The summed E-state index contributed by atoms with van der Waals surface area (Å²) in [4.78, 5) is 27.1. The normalized spacial score (nSPS) is 18.5. The van der Waals surface area contributed by atoms with Gasteiger partial charge in [-0.1, -0.05) is 24.3 Å². The molecule has 0 saturated carbocycles. The highest BCUT2D eigenvalue weighted by Gasteiger charge is 2.35. The van der Waals surface area contributed by atoms with E-state index in [0.29, 0.717) is 6.54 Å². The second-order valence-corrected chi connectivity index (χ2v) is 6.33. The van der Waals surface area contributed by atoms with Gasteiger partial charge in [-0.25, -0.2) is 0 Å². The van der Waals surface area contributed by atoms with Crippen LogP contribution in [0.4, 0.5) is 17.1 Å². The van der Waals surface area contributed by atoms with Gasteiger partial charge in [0, 0.05) is 30.0 Å². The lowest BCUT2D eigenvalue weighted by Gasteiger charge is -2.34. The van der Waals surface area contributed by atoms with Gasteiger partial charge in [0.25, 0.3) is 0 Å². The SMILES string of the molecule is Cl.Nc1cccc2c1CCCN2C(=O)C1CC(=O)Nc2ccccc21. The number of hydrogen-bond donors (Lipinski definition) is 2. The van der Waals surface area contributed by atoms with Crippen LogP contribution in [0, 0.1) is 0 Å². The Labute approximate surface area is 152 Å². The third kappa shape index (κ3) is 2.96. The van der Waals surface area contributed by atoms with E-state index in [-0.39, 0.29) is 30.6 Å². The maximum absolute atomic E-state index is 13.2. The fourth-order valence-corrected chi connectivity index (χ4v) is 3.70. The zero-order valence-electron chi connectivity index (χ0n) is 13.7. The predicted molar refractivity (Wildman–Crippen MR) is 101 cm³/mol. The number of fused-ring (bicyclic) bond motifs is 2. The molecule has 2 amide bonds. The van der Waals surface area contributed by atoms with Crippen LogP contribution < -0.4 is 16.0 Å². The van der Waals surface area contributed by atoms with Gasteiger partial charge in [0.2, 0.25) is 11.8 Å². The Bertz CT molecular complexity index is 837. The summed E-state index contributed by atoms with van der Waals surface area (Å²) in [6.45, 7) is 0.662. The van der Waals surface area contributed by atoms with Crippen molar-refractivity contribution < 1.29 is 9.59 Å². The van der Waals surface area contributed by atoms with Gasteiger partial charge < -0.3 is 16.0 Å². The van der Waals surface area contributed by atoms with Crippen LogP contribution in [0.25, 0.3) is 0 Å². The average Bonchev–Trinajstić information content (AvgIpc) is 2.60. The second kappa shape index (κ2) is 6.76. The minimum Gasteiger partial charge on any atom is -0.398 e. The van der Waals surface area contributed by atoms with Crippen LogP contribution in [-0.4, -0.2) is 18.4 Å². The van der Waals surface area contributed by atoms with Crippen molar-refractivity contribution >= 4 is 41.3 Å². The standard InChI is InChI=1S/C19H19N3O2.ClH/c20-15-7-3-9-17-13(15)6-4-10-22(17)19(24)14-11-18(23)21-16-8-2-1-5-12(14)16;/h1-3,5,7-9,14H,4,6,10-11,20H2,(H,21,23);1H. The van der Waals surface area contributed by atoms with E-state index >= 15 is 0 Å². The first-order valence-corrected chi connectivity index (χ1v) is 8.22. The number of carbonyl (C=O) groups excluding carboxylic acids is 2. The van der Waals surface area contributed by atoms with Crippen LogP contribution >= 0.6 is 12.4 Å². The number of benzene rings is 2. The molecule has 2 aromatic rings. The number of carbonyl (C=O) groups is 2. The summed E-state index contributed by atoms with van der Waals surface area (Å²) < 4.78 is 0. The lowest BCUT2D eigenvalue weighted by molar-refractivity contribution is -0.124. The first-order valence-electron chi connectivity index (χ1n) is 8.22. The average molecular weight is 358 g/mol. The Kier molecular flexibility index (Phi) is 4.68. The summed E-state index contributed by atoms with van der Waals surface area (Å²) in [6.07, 6.45) is 1.95. The molecular formula is C19H20ClN3O2. The molecule has 2 aliphatic heterocycles. The highest BCUT2D eigenvalue weighted by molar-refractivity contribution is 6.06. The Hall–Kier alpha value is -2.53. The van der Waals surface area contributed by atoms with Crippen molar-refractivity contribution in [3.63, 3.8) is 0 Å². The fourth-order valence-electron chi connectivity index (χ4n) is 3.70. The number of para-hydroxylation sites is 1. The van der Waals surface area contributed by atoms with Crippen LogP contribution in [0.3, 0.4) is 0 Å². The van der Waals surface area contributed by atoms with E-state index in [0.717, 1.165) is 41.0 Å². The summed E-state index contributed by atoms with van der Waals surface area (Å²) in [7, 11) is 0. The molecular weight excluding hydrogens is 338 g/mol. The Morgan fingerprint density at radius 2 is 1.96 bits per heavy atom. The molecule has 1 atom stereocenters. The van der Waals surface area contributed by atoms with Gasteiger partial charge in [0.1, 0.15) is 0 Å². The first kappa shape index (κ1) is 17.3. The van der Waals surface area contributed by atoms with Gasteiger partial charge >= 0.3 is 0 Å². The number of rotatable bonds is 1. The molecule has 0 bridgehead atoms. The van der Waals surface area contributed by atoms with Crippen LogP contribution in [-0.2, 0) is 16.0 Å². The monoisotopic (exact) mass is 357 g/mol. The zero-order valence-corrected chi connectivity index (χ0v) is 14.5. The summed E-state index contributed by atoms with van der Waals surface area (Å²) >= 11 is 0. The molecule has 4 rings (SSSR count). The van der Waals surface area contributed by atoms with Gasteiger partial charge in [0.05, 0.1) is 5.92 Å². The molecule has 0 spiro atoms. The molecule has 0 fully saturated rings. The van der Waals surface area contributed by atoms with Crippen LogP contribution in [0.1, 0.15) is 29.9 Å². The third-order valence-electron chi connectivity index (χ3n) is 4.85. The van der Waals surface area contributed by atoms with Gasteiger partial charge in [-0.05, 0) is 42.2 Å². The van der Waals surface area contributed by atoms with Gasteiger partial charge in [-0.3, -0.25) is 9.59 Å². The van der Waals surface area contributed by atoms with Crippen LogP contribution in [0.15, 0.2) is 42.5 Å². The molecule has 2 heterocycles. The maximum Gasteiger partial charge on any atom is 0.235 e. The summed E-state index contributed by atoms with van der Waals surface area (Å²) in [5.41, 5.74) is 10.3. The summed E-state index contributed by atoms with van der Waals surface area (Å²) in [6, 6.07) is 13.2. The fraction of sp³-hybridized carbons (Fsp3) is 0.263. The van der Waals surface area contributed by atoms with E-state index in [4.69, 9.17) is 5.73 Å². The third-order valence-corrected chi connectivity index (χ3v) is 4.85. The van der Waals surface area contributed by atoms with Crippen LogP contribution in [0.5, 0.6) is 0 Å². The van der Waals surface area contributed by atoms with E-state index in [2.05, 4.69) is 5.32 Å². The van der Waals surface area contributed by atoms with Crippen molar-refractivity contribution in [3.8, 4) is 0 Å². The van der Waals surface area contributed by atoms with E-state index < -0.39 is 5.92 Å². The molecule has 1 unspecified atom stereocenters. The first-order chi connectivity index (χ1) is 11.6. The van der Waals surface area contributed by atoms with E-state index in [1.165, 1.54) is 0 Å². The lowest BCUT2D eigenvalue weighted by Crippen LogP contribution is -2.41. The Balaban J connectivity index is 0.00000182. The molecule has 130 valence electrons. The number of amides is 2. The second-order valence-electron chi connectivity index (χ2n) is 6.33. The Morgan fingerprint density at radius 1 is 1.16 bits per heavy atom. The molecule has 0 aromatic heterocycles. The number of nitrogens with two attached hydrogens (primary N) is 1. The molecule has 0 radical (unpaired) electrons. The number of nitrogen functional groups attached to an aromatic ring is 1. The van der Waals surface area contributed by atoms with E-state index in [9.17, 15) is 9.59 Å². The van der Waals surface area contributed by atoms with Crippen molar-refractivity contribution in [1.29, 1.82) is 0 Å². The quantitative estimate of drug-likeness (QED) is 0.770. The zero-order chi connectivity index (χ0) is 16.7. The highest BCUT2D eigenvalue weighted by Crippen LogP contribution is 2.37. The van der Waals surface area contributed by atoms with Crippen molar-refractivity contribution in [2.45, 2.75) is 25.2 Å². The molecule has 0 saturated heterocycles. The highest BCUT2D eigenvalue weighted by atomic mass is 35.5. The van der Waals surface area contributed by atoms with Gasteiger partial charge in [-0.15, -0.1) is 12.4 Å². The topological polar surface area (TPSA) is 75.4 Å². The Morgan fingerprint density at radius 3 is 2.80 bits per heavy atom. The van der Waals surface area contributed by atoms with Crippen molar-refractivity contribution in [1.82, 2.24) is 0 Å². The summed E-state index contributed by atoms with van der Waals surface area (Å²) in [5.74, 6) is -0.581. The molecule has 6 heteroatoms. The predicted octanol–water partition coefficient (Wildman–Crippen LogP) is 3.10.